The van der Waals surface area contributed by atoms with Crippen molar-refractivity contribution in [1.82, 2.24) is 4.40 Å². The van der Waals surface area contributed by atoms with Gasteiger partial charge in [-0.05, 0) is 48.4 Å². The second-order valence-corrected chi connectivity index (χ2v) is 6.12. The predicted octanol–water partition coefficient (Wildman–Crippen LogP) is 4.84. The Hall–Kier alpha value is -3.67. The van der Waals surface area contributed by atoms with Crippen LogP contribution >= 0.6 is 0 Å². The maximum Gasteiger partial charge on any atom is 0.340 e. The topological polar surface area (TPSA) is 73.8 Å². The number of hydrogen-bond acceptors (Lipinski definition) is 4. The average Bonchev–Trinajstić information content (AvgIpc) is 3.05. The van der Waals surface area contributed by atoms with Gasteiger partial charge in [0.05, 0.1) is 22.6 Å². The lowest BCUT2D eigenvalue weighted by molar-refractivity contribution is -0.384. The van der Waals surface area contributed by atoms with Gasteiger partial charge >= 0.3 is 5.97 Å². The summed E-state index contributed by atoms with van der Waals surface area (Å²) in [5.74, 6) is -0.425. The number of fused-ring (bicyclic) bond motifs is 3. The minimum absolute atomic E-state index is 0.00550. The van der Waals surface area contributed by atoms with Crippen LogP contribution in [0.25, 0.3) is 27.5 Å². The number of carbonyl (C=O) groups excluding carboxylic acids is 1. The molecule has 0 bridgehead atoms. The maximum atomic E-state index is 12.6. The molecular weight excluding hydrogens is 344 g/mol. The molecule has 0 saturated carbocycles. The summed E-state index contributed by atoms with van der Waals surface area (Å²) in [4.78, 5) is 23.0. The smallest absolute Gasteiger partial charge is 0.340 e. The first kappa shape index (κ1) is 16.8. The zero-order valence-corrected chi connectivity index (χ0v) is 14.6. The third kappa shape index (κ3) is 2.91. The van der Waals surface area contributed by atoms with E-state index in [1.54, 1.807) is 25.3 Å². The highest BCUT2D eigenvalue weighted by Gasteiger charge is 2.18. The Labute approximate surface area is 154 Å². The number of pyridine rings is 1. The third-order valence-corrected chi connectivity index (χ3v) is 4.50. The summed E-state index contributed by atoms with van der Waals surface area (Å²) in [5, 5.41) is 12.0. The standard InChI is InChI=1S/C21H16N2O4/c1-2-27-21(24)19-13-22-17(11-15-5-3-4-6-20(15)22)12-18(19)14-7-9-16(10-8-14)23(25)26/h3-13H,2H2,1H3. The van der Waals surface area contributed by atoms with Crippen LogP contribution in [0.5, 0.6) is 0 Å². The van der Waals surface area contributed by atoms with Gasteiger partial charge in [0.15, 0.2) is 0 Å². The van der Waals surface area contributed by atoms with Gasteiger partial charge in [-0.1, -0.05) is 18.2 Å². The normalized spacial score (nSPS) is 11.0. The lowest BCUT2D eigenvalue weighted by atomic mass is 10.0. The van der Waals surface area contributed by atoms with Gasteiger partial charge in [0.1, 0.15) is 0 Å². The number of non-ortho nitro benzene ring substituents is 1. The Morgan fingerprint density at radius 2 is 1.85 bits per heavy atom. The molecule has 6 nitrogen and oxygen atoms in total. The molecule has 6 heteroatoms. The van der Waals surface area contributed by atoms with E-state index in [4.69, 9.17) is 4.74 Å². The van der Waals surface area contributed by atoms with E-state index in [-0.39, 0.29) is 12.3 Å². The summed E-state index contributed by atoms with van der Waals surface area (Å²) in [6, 6.07) is 18.0. The second-order valence-electron chi connectivity index (χ2n) is 6.12. The zero-order valence-electron chi connectivity index (χ0n) is 14.6. The van der Waals surface area contributed by atoms with Crippen LogP contribution in [0.4, 0.5) is 5.69 Å². The van der Waals surface area contributed by atoms with Crippen molar-refractivity contribution in [1.29, 1.82) is 0 Å². The van der Waals surface area contributed by atoms with E-state index in [0.717, 1.165) is 22.0 Å². The van der Waals surface area contributed by atoms with E-state index >= 15 is 0 Å². The summed E-state index contributed by atoms with van der Waals surface area (Å²) in [6.45, 7) is 2.02. The number of para-hydroxylation sites is 1. The Morgan fingerprint density at radius 1 is 1.11 bits per heavy atom. The Bertz CT molecular complexity index is 1180. The van der Waals surface area contributed by atoms with Gasteiger partial charge in [0.25, 0.3) is 5.69 Å². The molecule has 134 valence electrons. The van der Waals surface area contributed by atoms with E-state index in [1.807, 2.05) is 40.8 Å². The van der Waals surface area contributed by atoms with Crippen LogP contribution in [0, 0.1) is 10.1 Å². The Balaban J connectivity index is 1.96. The molecule has 0 aliphatic carbocycles. The average molecular weight is 360 g/mol. The first-order valence-electron chi connectivity index (χ1n) is 8.54. The highest BCUT2D eigenvalue weighted by atomic mass is 16.6. The van der Waals surface area contributed by atoms with Gasteiger partial charge in [0.2, 0.25) is 0 Å². The molecule has 0 atom stereocenters. The number of nitrogens with zero attached hydrogens (tertiary/aromatic N) is 2. The fourth-order valence-electron chi connectivity index (χ4n) is 3.25. The first-order valence-corrected chi connectivity index (χ1v) is 8.54. The fourth-order valence-corrected chi connectivity index (χ4v) is 3.25. The van der Waals surface area contributed by atoms with Crippen LogP contribution in [-0.2, 0) is 4.74 Å². The van der Waals surface area contributed by atoms with Crippen molar-refractivity contribution < 1.29 is 14.5 Å². The van der Waals surface area contributed by atoms with Gasteiger partial charge in [-0.25, -0.2) is 4.79 Å². The van der Waals surface area contributed by atoms with Crippen LogP contribution in [0.2, 0.25) is 0 Å². The number of hydrogen-bond donors (Lipinski definition) is 0. The van der Waals surface area contributed by atoms with Crippen molar-refractivity contribution in [3.05, 3.63) is 82.5 Å². The lowest BCUT2D eigenvalue weighted by Crippen LogP contribution is -2.08. The SMILES string of the molecule is CCOC(=O)c1cn2c(cc1-c1ccc([N+](=O)[O-])cc1)cc1ccccc12. The molecule has 2 heterocycles. The highest BCUT2D eigenvalue weighted by Crippen LogP contribution is 2.30. The number of aromatic nitrogens is 1. The number of esters is 1. The molecule has 0 saturated heterocycles. The molecule has 0 N–H and O–H groups in total. The molecule has 0 aliphatic rings. The van der Waals surface area contributed by atoms with Crippen molar-refractivity contribution in [2.24, 2.45) is 0 Å². The van der Waals surface area contributed by atoms with Crippen molar-refractivity contribution in [3.8, 4) is 11.1 Å². The molecule has 4 aromatic rings. The summed E-state index contributed by atoms with van der Waals surface area (Å²) in [5.41, 5.74) is 3.74. The van der Waals surface area contributed by atoms with E-state index in [9.17, 15) is 14.9 Å². The van der Waals surface area contributed by atoms with Gasteiger partial charge in [-0.2, -0.15) is 0 Å². The van der Waals surface area contributed by atoms with Gasteiger partial charge in [0, 0.05) is 29.2 Å². The maximum absolute atomic E-state index is 12.6. The first-order chi connectivity index (χ1) is 13.1. The largest absolute Gasteiger partial charge is 0.462 e. The number of carbonyl (C=O) groups is 1. The van der Waals surface area contributed by atoms with E-state index < -0.39 is 10.9 Å². The highest BCUT2D eigenvalue weighted by molar-refractivity contribution is 5.99. The lowest BCUT2D eigenvalue weighted by Gasteiger charge is -2.11. The molecule has 0 unspecified atom stereocenters. The minimum atomic E-state index is -0.445. The van der Waals surface area contributed by atoms with Gasteiger partial charge < -0.3 is 9.14 Å². The van der Waals surface area contributed by atoms with Crippen molar-refractivity contribution in [2.75, 3.05) is 6.61 Å². The number of nitro benzene ring substituents is 1. The van der Waals surface area contributed by atoms with Crippen LogP contribution in [-0.4, -0.2) is 21.9 Å². The molecule has 4 rings (SSSR count). The van der Waals surface area contributed by atoms with Crippen LogP contribution in [0.15, 0.2) is 66.9 Å². The third-order valence-electron chi connectivity index (χ3n) is 4.50. The van der Waals surface area contributed by atoms with Gasteiger partial charge in [-0.15, -0.1) is 0 Å². The van der Waals surface area contributed by atoms with Crippen molar-refractivity contribution >= 4 is 28.1 Å². The van der Waals surface area contributed by atoms with Crippen LogP contribution in [0.1, 0.15) is 17.3 Å². The van der Waals surface area contributed by atoms with Crippen LogP contribution < -0.4 is 0 Å². The number of rotatable bonds is 4. The van der Waals surface area contributed by atoms with E-state index in [2.05, 4.69) is 0 Å². The Kier molecular flexibility index (Phi) is 4.08. The predicted molar refractivity (Wildman–Crippen MR) is 103 cm³/mol. The molecule has 0 amide bonds. The summed E-state index contributed by atoms with van der Waals surface area (Å²) < 4.78 is 7.18. The molecule has 2 aromatic carbocycles. The van der Waals surface area contributed by atoms with Crippen molar-refractivity contribution in [2.45, 2.75) is 6.92 Å². The molecule has 0 fully saturated rings. The van der Waals surface area contributed by atoms with Gasteiger partial charge in [-0.3, -0.25) is 10.1 Å². The zero-order chi connectivity index (χ0) is 19.0. The number of ether oxygens (including phenoxy) is 1. The van der Waals surface area contributed by atoms with Crippen molar-refractivity contribution in [3.63, 3.8) is 0 Å². The minimum Gasteiger partial charge on any atom is -0.462 e. The molecule has 0 radical (unpaired) electrons. The monoisotopic (exact) mass is 360 g/mol. The number of nitro groups is 1. The molecule has 27 heavy (non-hydrogen) atoms. The van der Waals surface area contributed by atoms with Crippen LogP contribution in [0.3, 0.4) is 0 Å². The number of benzene rings is 2. The summed E-state index contributed by atoms with van der Waals surface area (Å²) in [7, 11) is 0. The molecule has 0 aliphatic heterocycles. The molecular formula is C21H16N2O4. The van der Waals surface area contributed by atoms with E-state index in [1.165, 1.54) is 12.1 Å². The molecule has 2 aromatic heterocycles. The van der Waals surface area contributed by atoms with E-state index in [0.29, 0.717) is 11.1 Å². The summed E-state index contributed by atoms with van der Waals surface area (Å²) >= 11 is 0. The fraction of sp³-hybridized carbons (Fsp3) is 0.0952. The Morgan fingerprint density at radius 3 is 2.56 bits per heavy atom. The summed E-state index contributed by atoms with van der Waals surface area (Å²) in [6.07, 6.45) is 1.77. The quantitative estimate of drug-likeness (QED) is 0.296. The second kappa shape index (κ2) is 6.57. The molecule has 0 spiro atoms.